The Labute approximate surface area is 159 Å². The second kappa shape index (κ2) is 7.90. The van der Waals surface area contributed by atoms with Gasteiger partial charge in [-0.25, -0.2) is 8.42 Å². The third kappa shape index (κ3) is 4.00. The lowest BCUT2D eigenvalue weighted by atomic mass is 9.96. The second-order valence-corrected chi connectivity index (χ2v) is 9.95. The SMILES string of the molecule is CC(C)c1ccccc1NC(=O)C1CCN(S(=O)(=O)c2cccs2)CC1. The number of carbonyl (C=O) groups excluding carboxylic acids is 1. The number of para-hydroxylation sites is 1. The topological polar surface area (TPSA) is 66.5 Å². The highest BCUT2D eigenvalue weighted by Gasteiger charge is 2.32. The van der Waals surface area contributed by atoms with E-state index in [1.54, 1.807) is 17.5 Å². The number of benzene rings is 1. The standard InChI is InChI=1S/C19H24N2O3S2/c1-14(2)16-6-3-4-7-17(16)20-19(22)15-9-11-21(12-10-15)26(23,24)18-8-5-13-25-18/h3-8,13-15H,9-12H2,1-2H3,(H,20,22). The molecule has 0 aliphatic carbocycles. The van der Waals surface area contributed by atoms with Crippen LogP contribution in [0.2, 0.25) is 0 Å². The van der Waals surface area contributed by atoms with Gasteiger partial charge in [-0.1, -0.05) is 38.1 Å². The molecule has 2 aromatic rings. The van der Waals surface area contributed by atoms with Crippen molar-refractivity contribution in [2.24, 2.45) is 5.92 Å². The van der Waals surface area contributed by atoms with Crippen LogP contribution in [0.5, 0.6) is 0 Å². The average molecular weight is 393 g/mol. The molecule has 2 heterocycles. The number of piperidine rings is 1. The maximum absolute atomic E-state index is 12.7. The van der Waals surface area contributed by atoms with Crippen LogP contribution in [0.4, 0.5) is 5.69 Å². The molecule has 1 N–H and O–H groups in total. The van der Waals surface area contributed by atoms with Crippen molar-refractivity contribution < 1.29 is 13.2 Å². The number of thiophene rings is 1. The molecule has 1 aromatic heterocycles. The van der Waals surface area contributed by atoms with Gasteiger partial charge in [-0.3, -0.25) is 4.79 Å². The zero-order valence-electron chi connectivity index (χ0n) is 15.0. The van der Waals surface area contributed by atoms with Crippen LogP contribution in [-0.2, 0) is 14.8 Å². The smallest absolute Gasteiger partial charge is 0.252 e. The summed E-state index contributed by atoms with van der Waals surface area (Å²) in [5.41, 5.74) is 1.96. The van der Waals surface area contributed by atoms with Crippen molar-refractivity contribution in [1.29, 1.82) is 0 Å². The Bertz CT molecular complexity index is 853. The molecule has 0 spiro atoms. The van der Waals surface area contributed by atoms with Crippen LogP contribution in [0, 0.1) is 5.92 Å². The van der Waals surface area contributed by atoms with Gasteiger partial charge in [-0.2, -0.15) is 4.31 Å². The highest BCUT2D eigenvalue weighted by Crippen LogP contribution is 2.28. The van der Waals surface area contributed by atoms with Gasteiger partial charge in [0.15, 0.2) is 0 Å². The predicted molar refractivity (Wildman–Crippen MR) is 105 cm³/mol. The average Bonchev–Trinajstić information content (AvgIpc) is 3.17. The quantitative estimate of drug-likeness (QED) is 0.839. The largest absolute Gasteiger partial charge is 0.326 e. The van der Waals surface area contributed by atoms with Crippen LogP contribution in [0.1, 0.15) is 38.2 Å². The van der Waals surface area contributed by atoms with Crippen molar-refractivity contribution in [2.75, 3.05) is 18.4 Å². The first-order valence-corrected chi connectivity index (χ1v) is 11.1. The molecule has 140 valence electrons. The Morgan fingerprint density at radius 1 is 1.15 bits per heavy atom. The summed E-state index contributed by atoms with van der Waals surface area (Å²) in [6.45, 7) is 4.95. The van der Waals surface area contributed by atoms with Crippen LogP contribution in [-0.4, -0.2) is 31.7 Å². The molecule has 1 aliphatic heterocycles. The van der Waals surface area contributed by atoms with Crippen molar-refractivity contribution in [3.63, 3.8) is 0 Å². The molecule has 7 heteroatoms. The summed E-state index contributed by atoms with van der Waals surface area (Å²) in [7, 11) is -3.42. The Morgan fingerprint density at radius 2 is 1.85 bits per heavy atom. The minimum Gasteiger partial charge on any atom is -0.326 e. The normalized spacial score (nSPS) is 16.7. The van der Waals surface area contributed by atoms with Crippen LogP contribution in [0.3, 0.4) is 0 Å². The lowest BCUT2D eigenvalue weighted by Crippen LogP contribution is -2.41. The molecule has 0 bridgehead atoms. The molecule has 1 aromatic carbocycles. The van der Waals surface area contributed by atoms with Gasteiger partial charge in [0.25, 0.3) is 10.0 Å². The number of rotatable bonds is 5. The molecule has 5 nitrogen and oxygen atoms in total. The number of carbonyl (C=O) groups is 1. The summed E-state index contributed by atoms with van der Waals surface area (Å²) in [4.78, 5) is 12.7. The van der Waals surface area contributed by atoms with E-state index in [2.05, 4.69) is 19.2 Å². The number of anilines is 1. The van der Waals surface area contributed by atoms with Crippen LogP contribution in [0.25, 0.3) is 0 Å². The fourth-order valence-corrected chi connectivity index (χ4v) is 5.86. The first kappa shape index (κ1) is 19.1. The molecule has 0 atom stereocenters. The first-order valence-electron chi connectivity index (χ1n) is 8.83. The van der Waals surface area contributed by atoms with E-state index < -0.39 is 10.0 Å². The maximum atomic E-state index is 12.7. The zero-order valence-corrected chi connectivity index (χ0v) is 16.6. The molecule has 0 saturated carbocycles. The highest BCUT2D eigenvalue weighted by molar-refractivity contribution is 7.91. The van der Waals surface area contributed by atoms with E-state index in [4.69, 9.17) is 0 Å². The van der Waals surface area contributed by atoms with E-state index >= 15 is 0 Å². The van der Waals surface area contributed by atoms with Gasteiger partial charge in [0, 0.05) is 24.7 Å². The van der Waals surface area contributed by atoms with E-state index in [1.165, 1.54) is 15.6 Å². The van der Waals surface area contributed by atoms with Gasteiger partial charge in [0.2, 0.25) is 5.91 Å². The summed E-state index contributed by atoms with van der Waals surface area (Å²) < 4.78 is 27.0. The van der Waals surface area contributed by atoms with E-state index in [0.29, 0.717) is 36.1 Å². The third-order valence-electron chi connectivity index (χ3n) is 4.75. The Morgan fingerprint density at radius 3 is 2.46 bits per heavy atom. The summed E-state index contributed by atoms with van der Waals surface area (Å²) in [6, 6.07) is 11.2. The van der Waals surface area contributed by atoms with Crippen LogP contribution < -0.4 is 5.32 Å². The number of sulfonamides is 1. The van der Waals surface area contributed by atoms with E-state index in [0.717, 1.165) is 11.3 Å². The molecule has 1 saturated heterocycles. The lowest BCUT2D eigenvalue weighted by Gasteiger charge is -2.30. The summed E-state index contributed by atoms with van der Waals surface area (Å²) in [5, 5.41) is 4.80. The van der Waals surface area contributed by atoms with Gasteiger partial charge in [0.05, 0.1) is 0 Å². The molecule has 26 heavy (non-hydrogen) atoms. The number of amides is 1. The first-order chi connectivity index (χ1) is 12.4. The zero-order chi connectivity index (χ0) is 18.7. The molecule has 1 fully saturated rings. The third-order valence-corrected chi connectivity index (χ3v) is 8.03. The minimum atomic E-state index is -3.42. The molecule has 3 rings (SSSR count). The Hall–Kier alpha value is -1.70. The fourth-order valence-electron chi connectivity index (χ4n) is 3.24. The van der Waals surface area contributed by atoms with Crippen molar-refractivity contribution in [3.8, 4) is 0 Å². The summed E-state index contributed by atoms with van der Waals surface area (Å²) >= 11 is 1.23. The summed E-state index contributed by atoms with van der Waals surface area (Å²) in [6.07, 6.45) is 1.08. The highest BCUT2D eigenvalue weighted by atomic mass is 32.2. The van der Waals surface area contributed by atoms with Gasteiger partial charge in [-0.05, 0) is 41.8 Å². The van der Waals surface area contributed by atoms with Crippen LogP contribution >= 0.6 is 11.3 Å². The minimum absolute atomic E-state index is 0.0220. The Kier molecular flexibility index (Phi) is 5.79. The molecular weight excluding hydrogens is 368 g/mol. The monoisotopic (exact) mass is 392 g/mol. The van der Waals surface area contributed by atoms with E-state index in [-0.39, 0.29) is 11.8 Å². The van der Waals surface area contributed by atoms with E-state index in [1.807, 2.05) is 24.3 Å². The number of hydrogen-bond donors (Lipinski definition) is 1. The van der Waals surface area contributed by atoms with Crippen LogP contribution in [0.15, 0.2) is 46.0 Å². The van der Waals surface area contributed by atoms with Crippen molar-refractivity contribution in [3.05, 3.63) is 47.3 Å². The number of hydrogen-bond acceptors (Lipinski definition) is 4. The lowest BCUT2D eigenvalue weighted by molar-refractivity contribution is -0.120. The molecule has 0 radical (unpaired) electrons. The number of nitrogens with one attached hydrogen (secondary N) is 1. The van der Waals surface area contributed by atoms with Crippen molar-refractivity contribution >= 4 is 33.0 Å². The van der Waals surface area contributed by atoms with Crippen molar-refractivity contribution in [1.82, 2.24) is 4.31 Å². The van der Waals surface area contributed by atoms with Gasteiger partial charge < -0.3 is 5.32 Å². The van der Waals surface area contributed by atoms with Gasteiger partial charge in [-0.15, -0.1) is 11.3 Å². The molecule has 1 aliphatic rings. The van der Waals surface area contributed by atoms with Gasteiger partial charge in [0.1, 0.15) is 4.21 Å². The Balaban J connectivity index is 1.63. The van der Waals surface area contributed by atoms with Gasteiger partial charge >= 0.3 is 0 Å². The second-order valence-electron chi connectivity index (χ2n) is 6.84. The molecule has 0 unspecified atom stereocenters. The maximum Gasteiger partial charge on any atom is 0.252 e. The molecule has 1 amide bonds. The number of nitrogens with zero attached hydrogens (tertiary/aromatic N) is 1. The predicted octanol–water partition coefficient (Wildman–Crippen LogP) is 3.91. The van der Waals surface area contributed by atoms with E-state index in [9.17, 15) is 13.2 Å². The fraction of sp³-hybridized carbons (Fsp3) is 0.421. The van der Waals surface area contributed by atoms with Crippen molar-refractivity contribution in [2.45, 2.75) is 36.8 Å². The molecular formula is C19H24N2O3S2. The summed E-state index contributed by atoms with van der Waals surface area (Å²) in [5.74, 6) is 0.139.